The van der Waals surface area contributed by atoms with Crippen molar-refractivity contribution in [1.82, 2.24) is 9.55 Å². The second-order valence-electron chi connectivity index (χ2n) is 6.73. The minimum absolute atomic E-state index is 0.148. The molecule has 2 aromatic carbocycles. The monoisotopic (exact) mass is 478 g/mol. The van der Waals surface area contributed by atoms with Crippen LogP contribution in [0.25, 0.3) is 21.3 Å². The summed E-state index contributed by atoms with van der Waals surface area (Å²) in [4.78, 5) is 18.4. The van der Waals surface area contributed by atoms with Crippen molar-refractivity contribution >= 4 is 56.4 Å². The lowest BCUT2D eigenvalue weighted by atomic mass is 10.1. The van der Waals surface area contributed by atoms with Crippen LogP contribution >= 0.6 is 46.1 Å². The van der Waals surface area contributed by atoms with Gasteiger partial charge in [0.2, 0.25) is 0 Å². The Morgan fingerprint density at radius 2 is 1.80 bits per heavy atom. The molecule has 0 radical (unpaired) electrons. The van der Waals surface area contributed by atoms with E-state index < -0.39 is 0 Å². The van der Waals surface area contributed by atoms with Crippen LogP contribution in [0.4, 0.5) is 0 Å². The molecular weight excluding hydrogens is 463 g/mol. The van der Waals surface area contributed by atoms with Gasteiger partial charge in [-0.15, -0.1) is 11.3 Å². The van der Waals surface area contributed by atoms with Gasteiger partial charge in [0.1, 0.15) is 10.6 Å². The van der Waals surface area contributed by atoms with Crippen molar-refractivity contribution in [3.8, 4) is 16.9 Å². The molecular formula is C22H17Cl3N2O2S. The van der Waals surface area contributed by atoms with Crippen molar-refractivity contribution < 1.29 is 4.74 Å². The molecule has 0 saturated carbocycles. The highest BCUT2D eigenvalue weighted by atomic mass is 35.5. The smallest absolute Gasteiger partial charge is 0.263 e. The van der Waals surface area contributed by atoms with E-state index >= 15 is 0 Å². The van der Waals surface area contributed by atoms with Crippen molar-refractivity contribution in [3.05, 3.63) is 79.1 Å². The zero-order chi connectivity index (χ0) is 21.3. The first kappa shape index (κ1) is 21.2. The van der Waals surface area contributed by atoms with Gasteiger partial charge in [-0.2, -0.15) is 0 Å². The van der Waals surface area contributed by atoms with Crippen LogP contribution in [0.1, 0.15) is 18.9 Å². The number of rotatable bonds is 6. The fraction of sp³-hybridized carbons (Fsp3) is 0.182. The Morgan fingerprint density at radius 3 is 2.47 bits per heavy atom. The quantitative estimate of drug-likeness (QED) is 0.301. The fourth-order valence-electron chi connectivity index (χ4n) is 3.14. The number of thiophene rings is 1. The molecule has 0 spiro atoms. The molecule has 2 heterocycles. The summed E-state index contributed by atoms with van der Waals surface area (Å²) in [5.74, 6) is 0.808. The maximum Gasteiger partial charge on any atom is 0.263 e. The third-order valence-corrected chi connectivity index (χ3v) is 6.41. The molecule has 4 rings (SSSR count). The normalized spacial score (nSPS) is 11.2. The molecule has 0 aliphatic heterocycles. The first-order valence-corrected chi connectivity index (χ1v) is 11.3. The number of halogens is 3. The summed E-state index contributed by atoms with van der Waals surface area (Å²) in [5, 5.41) is 3.79. The van der Waals surface area contributed by atoms with Gasteiger partial charge >= 0.3 is 0 Å². The Labute approximate surface area is 192 Å². The summed E-state index contributed by atoms with van der Waals surface area (Å²) in [6.07, 6.45) is 2.47. The molecule has 0 aliphatic carbocycles. The maximum atomic E-state index is 13.3. The lowest BCUT2D eigenvalue weighted by Crippen LogP contribution is -2.21. The van der Waals surface area contributed by atoms with Crippen LogP contribution in [0.3, 0.4) is 0 Å². The van der Waals surface area contributed by atoms with Gasteiger partial charge < -0.3 is 4.74 Å². The molecule has 4 nitrogen and oxygen atoms in total. The Bertz CT molecular complexity index is 1240. The molecule has 8 heteroatoms. The van der Waals surface area contributed by atoms with E-state index in [2.05, 4.69) is 11.9 Å². The van der Waals surface area contributed by atoms with Crippen molar-refractivity contribution in [2.24, 2.45) is 0 Å². The Morgan fingerprint density at radius 1 is 1.10 bits per heavy atom. The highest BCUT2D eigenvalue weighted by Gasteiger charge is 2.15. The second-order valence-corrected chi connectivity index (χ2v) is 8.84. The molecule has 0 N–H and O–H groups in total. The molecule has 4 aromatic rings. The van der Waals surface area contributed by atoms with Crippen LogP contribution in [0.2, 0.25) is 15.1 Å². The van der Waals surface area contributed by atoms with E-state index in [0.29, 0.717) is 37.5 Å². The summed E-state index contributed by atoms with van der Waals surface area (Å²) in [5.41, 5.74) is 2.26. The number of fused-ring (bicyclic) bond motifs is 1. The number of aromatic nitrogens is 2. The van der Waals surface area contributed by atoms with Gasteiger partial charge in [0.05, 0.1) is 24.9 Å². The number of benzene rings is 2. The van der Waals surface area contributed by atoms with E-state index in [1.54, 1.807) is 12.1 Å². The first-order chi connectivity index (χ1) is 14.5. The van der Waals surface area contributed by atoms with Gasteiger partial charge in [-0.1, -0.05) is 53.9 Å². The summed E-state index contributed by atoms with van der Waals surface area (Å²) in [6, 6.07) is 11.0. The predicted octanol–water partition coefficient (Wildman–Crippen LogP) is 6.92. The summed E-state index contributed by atoms with van der Waals surface area (Å²) < 4.78 is 7.16. The molecule has 30 heavy (non-hydrogen) atoms. The van der Waals surface area contributed by atoms with Gasteiger partial charge in [0, 0.05) is 31.6 Å². The van der Waals surface area contributed by atoms with E-state index in [9.17, 15) is 4.79 Å². The molecule has 0 saturated heterocycles. The SMILES string of the molecule is CCCOc1ccc(-c2csc3ncn(Cc4c(Cl)cc(Cl)cc4Cl)c(=O)c23)cc1. The lowest BCUT2D eigenvalue weighted by molar-refractivity contribution is 0.317. The van der Waals surface area contributed by atoms with Crippen molar-refractivity contribution in [2.75, 3.05) is 6.61 Å². The van der Waals surface area contributed by atoms with Crippen molar-refractivity contribution in [1.29, 1.82) is 0 Å². The minimum atomic E-state index is -0.148. The second kappa shape index (κ2) is 8.98. The molecule has 0 aliphatic rings. The van der Waals surface area contributed by atoms with Crippen LogP contribution < -0.4 is 10.3 Å². The molecule has 0 unspecified atom stereocenters. The Kier molecular flexibility index (Phi) is 6.34. The Balaban J connectivity index is 1.74. The Hall–Kier alpha value is -2.05. The first-order valence-electron chi connectivity index (χ1n) is 9.31. The fourth-order valence-corrected chi connectivity index (χ4v) is 4.98. The maximum absolute atomic E-state index is 13.3. The van der Waals surface area contributed by atoms with E-state index in [0.717, 1.165) is 23.3 Å². The standard InChI is InChI=1S/C22H17Cl3N2O2S/c1-2-7-29-15-5-3-13(4-6-15)17-11-30-21-20(17)22(28)27(12-26-21)10-16-18(24)8-14(23)9-19(16)25/h3-6,8-9,11-12H,2,7,10H2,1H3. The van der Waals surface area contributed by atoms with Crippen LogP contribution in [0, 0.1) is 0 Å². The number of ether oxygens (including phenoxy) is 1. The highest BCUT2D eigenvalue weighted by Crippen LogP contribution is 2.33. The molecule has 0 atom stereocenters. The molecule has 2 aromatic heterocycles. The zero-order valence-electron chi connectivity index (χ0n) is 16.0. The number of hydrogen-bond acceptors (Lipinski definition) is 4. The molecule has 0 amide bonds. The molecule has 154 valence electrons. The zero-order valence-corrected chi connectivity index (χ0v) is 19.1. The topological polar surface area (TPSA) is 44.1 Å². The van der Waals surface area contributed by atoms with Gasteiger partial charge in [-0.25, -0.2) is 4.98 Å². The largest absolute Gasteiger partial charge is 0.494 e. The van der Waals surface area contributed by atoms with Gasteiger partial charge in [-0.05, 0) is 36.2 Å². The lowest BCUT2D eigenvalue weighted by Gasteiger charge is -2.10. The van der Waals surface area contributed by atoms with Gasteiger partial charge in [0.15, 0.2) is 0 Å². The summed E-state index contributed by atoms with van der Waals surface area (Å²) in [7, 11) is 0. The van der Waals surface area contributed by atoms with Crippen LogP contribution in [-0.2, 0) is 6.54 Å². The molecule has 0 fully saturated rings. The van der Waals surface area contributed by atoms with Crippen molar-refractivity contribution in [3.63, 3.8) is 0 Å². The highest BCUT2D eigenvalue weighted by molar-refractivity contribution is 7.17. The predicted molar refractivity (Wildman–Crippen MR) is 126 cm³/mol. The summed E-state index contributed by atoms with van der Waals surface area (Å²) >= 11 is 20.0. The van der Waals surface area contributed by atoms with E-state index in [1.807, 2.05) is 29.6 Å². The number of hydrogen-bond donors (Lipinski definition) is 0. The van der Waals surface area contributed by atoms with Crippen LogP contribution in [-0.4, -0.2) is 16.2 Å². The van der Waals surface area contributed by atoms with E-state index in [1.165, 1.54) is 22.2 Å². The van der Waals surface area contributed by atoms with E-state index in [-0.39, 0.29) is 12.1 Å². The summed E-state index contributed by atoms with van der Waals surface area (Å²) in [6.45, 7) is 2.94. The molecule has 0 bridgehead atoms. The number of nitrogens with zero attached hydrogens (tertiary/aromatic N) is 2. The van der Waals surface area contributed by atoms with Crippen LogP contribution in [0.15, 0.2) is 52.9 Å². The third-order valence-electron chi connectivity index (χ3n) is 4.63. The van der Waals surface area contributed by atoms with E-state index in [4.69, 9.17) is 39.5 Å². The van der Waals surface area contributed by atoms with Gasteiger partial charge in [0.25, 0.3) is 5.56 Å². The minimum Gasteiger partial charge on any atom is -0.494 e. The third kappa shape index (κ3) is 4.21. The van der Waals surface area contributed by atoms with Crippen LogP contribution in [0.5, 0.6) is 5.75 Å². The average molecular weight is 480 g/mol. The van der Waals surface area contributed by atoms with Gasteiger partial charge in [-0.3, -0.25) is 9.36 Å². The average Bonchev–Trinajstić information content (AvgIpc) is 3.16. The van der Waals surface area contributed by atoms with Crippen molar-refractivity contribution in [2.45, 2.75) is 19.9 Å².